The molecule has 3 N–H and O–H groups in total. The fourth-order valence-corrected chi connectivity index (χ4v) is 2.55. The van der Waals surface area contributed by atoms with Gasteiger partial charge in [0, 0.05) is 19.6 Å². The molecule has 0 spiro atoms. The molecule has 0 aromatic carbocycles. The summed E-state index contributed by atoms with van der Waals surface area (Å²) in [6.45, 7) is 6.33. The number of nitrogens with two attached hydrogens (primary N) is 1. The second kappa shape index (κ2) is 8.38. The van der Waals surface area contributed by atoms with Crippen LogP contribution in [0.15, 0.2) is 0 Å². The SMILES string of the molecule is CCOP(=O)(CCNCCN)OCC. The Morgan fingerprint density at radius 2 is 1.79 bits per heavy atom. The molecule has 0 fully saturated rings. The van der Waals surface area contributed by atoms with Gasteiger partial charge in [0.2, 0.25) is 0 Å². The van der Waals surface area contributed by atoms with Crippen LogP contribution in [0.5, 0.6) is 0 Å². The van der Waals surface area contributed by atoms with Crippen molar-refractivity contribution in [3.05, 3.63) is 0 Å². The minimum Gasteiger partial charge on any atom is -0.329 e. The van der Waals surface area contributed by atoms with Gasteiger partial charge in [-0.1, -0.05) is 0 Å². The lowest BCUT2D eigenvalue weighted by atomic mass is 10.6. The van der Waals surface area contributed by atoms with E-state index in [-0.39, 0.29) is 0 Å². The van der Waals surface area contributed by atoms with Gasteiger partial charge in [0.15, 0.2) is 0 Å². The van der Waals surface area contributed by atoms with Gasteiger partial charge in [-0.25, -0.2) is 0 Å². The summed E-state index contributed by atoms with van der Waals surface area (Å²) in [5.41, 5.74) is 5.30. The highest BCUT2D eigenvalue weighted by Gasteiger charge is 2.22. The highest BCUT2D eigenvalue weighted by atomic mass is 31.2. The molecule has 0 aliphatic carbocycles. The number of hydrogen-bond acceptors (Lipinski definition) is 5. The lowest BCUT2D eigenvalue weighted by Gasteiger charge is -2.16. The third-order valence-corrected chi connectivity index (χ3v) is 3.61. The van der Waals surface area contributed by atoms with Crippen LogP contribution in [-0.4, -0.2) is 39.0 Å². The molecule has 14 heavy (non-hydrogen) atoms. The molecule has 0 aromatic heterocycles. The third-order valence-electron chi connectivity index (χ3n) is 1.54. The third kappa shape index (κ3) is 6.51. The van der Waals surface area contributed by atoms with E-state index in [1.807, 2.05) is 0 Å². The Hall–Kier alpha value is 0.0700. The average Bonchev–Trinajstić information content (AvgIpc) is 2.13. The molecule has 0 heterocycles. The quantitative estimate of drug-likeness (QED) is 0.447. The summed E-state index contributed by atoms with van der Waals surface area (Å²) in [5.74, 6) is 0. The summed E-state index contributed by atoms with van der Waals surface area (Å²) in [7, 11) is -2.86. The van der Waals surface area contributed by atoms with Crippen molar-refractivity contribution in [1.82, 2.24) is 5.32 Å². The molecule has 0 radical (unpaired) electrons. The maximum absolute atomic E-state index is 11.9. The summed E-state index contributed by atoms with van der Waals surface area (Å²) < 4.78 is 22.1. The van der Waals surface area contributed by atoms with E-state index in [0.717, 1.165) is 6.54 Å². The second-order valence-electron chi connectivity index (χ2n) is 2.71. The molecule has 0 amide bonds. The minimum absolute atomic E-state index is 0.397. The van der Waals surface area contributed by atoms with Gasteiger partial charge in [0.25, 0.3) is 0 Å². The van der Waals surface area contributed by atoms with Gasteiger partial charge >= 0.3 is 7.60 Å². The molecule has 0 aliphatic rings. The highest BCUT2D eigenvalue weighted by molar-refractivity contribution is 7.53. The lowest BCUT2D eigenvalue weighted by Crippen LogP contribution is -2.25. The lowest BCUT2D eigenvalue weighted by molar-refractivity contribution is 0.220. The Kier molecular flexibility index (Phi) is 8.43. The second-order valence-corrected chi connectivity index (χ2v) is 4.89. The predicted molar refractivity (Wildman–Crippen MR) is 57.6 cm³/mol. The largest absolute Gasteiger partial charge is 0.331 e. The summed E-state index contributed by atoms with van der Waals surface area (Å²) >= 11 is 0. The van der Waals surface area contributed by atoms with E-state index in [2.05, 4.69) is 5.32 Å². The van der Waals surface area contributed by atoms with Crippen molar-refractivity contribution in [2.75, 3.05) is 39.0 Å². The smallest absolute Gasteiger partial charge is 0.329 e. The van der Waals surface area contributed by atoms with Crippen LogP contribution in [0.3, 0.4) is 0 Å². The van der Waals surface area contributed by atoms with Gasteiger partial charge in [-0.15, -0.1) is 0 Å². The molecule has 5 nitrogen and oxygen atoms in total. The highest BCUT2D eigenvalue weighted by Crippen LogP contribution is 2.47. The molecule has 0 saturated carbocycles. The minimum atomic E-state index is -2.86. The molecular formula is C8H21N2O3P. The van der Waals surface area contributed by atoms with Gasteiger partial charge in [0.1, 0.15) is 0 Å². The van der Waals surface area contributed by atoms with E-state index in [1.165, 1.54) is 0 Å². The standard InChI is InChI=1S/C8H21N2O3P/c1-3-12-14(11,13-4-2)8-7-10-6-5-9/h10H,3-9H2,1-2H3. The molecule has 0 bridgehead atoms. The maximum Gasteiger partial charge on any atom is 0.331 e. The fraction of sp³-hybridized carbons (Fsp3) is 1.00. The van der Waals surface area contributed by atoms with Crippen LogP contribution in [0.2, 0.25) is 0 Å². The van der Waals surface area contributed by atoms with Gasteiger partial charge in [-0.2, -0.15) is 0 Å². The molecule has 0 aliphatic heterocycles. The molecule has 6 heteroatoms. The Bertz CT molecular complexity index is 168. The number of nitrogens with one attached hydrogen (secondary N) is 1. The summed E-state index contributed by atoms with van der Waals surface area (Å²) in [6.07, 6.45) is 0.397. The van der Waals surface area contributed by atoms with Crippen LogP contribution in [0.25, 0.3) is 0 Å². The van der Waals surface area contributed by atoms with Gasteiger partial charge < -0.3 is 20.1 Å². The number of rotatable bonds is 9. The van der Waals surface area contributed by atoms with E-state index in [0.29, 0.717) is 32.5 Å². The molecular weight excluding hydrogens is 203 g/mol. The van der Waals surface area contributed by atoms with Crippen molar-refractivity contribution in [1.29, 1.82) is 0 Å². The van der Waals surface area contributed by atoms with Gasteiger partial charge in [0.05, 0.1) is 19.4 Å². The zero-order chi connectivity index (χ0) is 10.9. The average molecular weight is 224 g/mol. The van der Waals surface area contributed by atoms with Crippen molar-refractivity contribution in [2.24, 2.45) is 5.73 Å². The van der Waals surface area contributed by atoms with Crippen molar-refractivity contribution in [2.45, 2.75) is 13.8 Å². The first-order valence-electron chi connectivity index (χ1n) is 4.97. The first-order valence-corrected chi connectivity index (χ1v) is 6.70. The van der Waals surface area contributed by atoms with Crippen molar-refractivity contribution < 1.29 is 13.6 Å². The zero-order valence-corrected chi connectivity index (χ0v) is 9.89. The van der Waals surface area contributed by atoms with Crippen LogP contribution >= 0.6 is 7.60 Å². The van der Waals surface area contributed by atoms with Gasteiger partial charge in [-0.05, 0) is 13.8 Å². The topological polar surface area (TPSA) is 73.6 Å². The summed E-state index contributed by atoms with van der Waals surface area (Å²) in [6, 6.07) is 0. The predicted octanol–water partition coefficient (Wildman–Crippen LogP) is 0.801. The van der Waals surface area contributed by atoms with Crippen molar-refractivity contribution in [3.8, 4) is 0 Å². The molecule has 0 saturated heterocycles. The molecule has 0 unspecified atom stereocenters. The van der Waals surface area contributed by atoms with E-state index in [1.54, 1.807) is 13.8 Å². The summed E-state index contributed by atoms with van der Waals surface area (Å²) in [4.78, 5) is 0. The van der Waals surface area contributed by atoms with Crippen LogP contribution in [-0.2, 0) is 13.6 Å². The van der Waals surface area contributed by atoms with Crippen LogP contribution in [0, 0.1) is 0 Å². The fourth-order valence-electron chi connectivity index (χ4n) is 1.00. The molecule has 0 aromatic rings. The maximum atomic E-state index is 11.9. The first-order chi connectivity index (χ1) is 6.68. The van der Waals surface area contributed by atoms with E-state index in [4.69, 9.17) is 14.8 Å². The monoisotopic (exact) mass is 224 g/mol. The Labute approximate surface area is 85.9 Å². The normalized spacial score (nSPS) is 11.9. The number of hydrogen-bond donors (Lipinski definition) is 2. The van der Waals surface area contributed by atoms with Crippen LogP contribution in [0.4, 0.5) is 0 Å². The Balaban J connectivity index is 3.78. The Morgan fingerprint density at radius 3 is 2.21 bits per heavy atom. The molecule has 86 valence electrons. The van der Waals surface area contributed by atoms with Gasteiger partial charge in [-0.3, -0.25) is 4.57 Å². The van der Waals surface area contributed by atoms with Crippen LogP contribution < -0.4 is 11.1 Å². The first kappa shape index (κ1) is 14.1. The van der Waals surface area contributed by atoms with Crippen molar-refractivity contribution in [3.63, 3.8) is 0 Å². The van der Waals surface area contributed by atoms with Crippen molar-refractivity contribution >= 4 is 7.60 Å². The Morgan fingerprint density at radius 1 is 1.21 bits per heavy atom. The van der Waals surface area contributed by atoms with E-state index in [9.17, 15) is 4.57 Å². The molecule has 0 rings (SSSR count). The summed E-state index contributed by atoms with van der Waals surface area (Å²) in [5, 5.41) is 3.05. The van der Waals surface area contributed by atoms with E-state index < -0.39 is 7.60 Å². The van der Waals surface area contributed by atoms with E-state index >= 15 is 0 Å². The molecule has 0 atom stereocenters. The van der Waals surface area contributed by atoms with Crippen LogP contribution in [0.1, 0.15) is 13.8 Å². The zero-order valence-electron chi connectivity index (χ0n) is 8.99.